The maximum absolute atomic E-state index is 13.3. The number of hydrogen-bond donors (Lipinski definition) is 1. The van der Waals surface area contributed by atoms with Gasteiger partial charge in [-0.2, -0.15) is 13.2 Å². The van der Waals surface area contributed by atoms with Crippen molar-refractivity contribution in [3.8, 4) is 10.6 Å². The van der Waals surface area contributed by atoms with Gasteiger partial charge in [-0.25, -0.2) is 24.7 Å². The van der Waals surface area contributed by atoms with Gasteiger partial charge in [0.05, 0.1) is 12.9 Å². The van der Waals surface area contributed by atoms with Crippen LogP contribution in [0.1, 0.15) is 39.2 Å². The molecule has 1 amide bonds. The first-order valence-electron chi connectivity index (χ1n) is 13.0. The zero-order chi connectivity index (χ0) is 30.3. The average Bonchev–Trinajstić information content (AvgIpc) is 3.73. The van der Waals surface area contributed by atoms with E-state index < -0.39 is 42.0 Å². The second-order valence-corrected chi connectivity index (χ2v) is 10.7. The summed E-state index contributed by atoms with van der Waals surface area (Å²) >= 11 is 1.17. The maximum Gasteiger partial charge on any atom is 0.408 e. The molecule has 1 aliphatic heterocycles. The molecule has 1 fully saturated rings. The number of carbonyl (C=O) groups excluding carboxylic acids is 2. The molecular weight excluding hydrogens is 579 g/mol. The molecule has 2 atom stereocenters. The monoisotopic (exact) mass is 605 g/mol. The van der Waals surface area contributed by atoms with Crippen LogP contribution in [0.3, 0.4) is 0 Å². The van der Waals surface area contributed by atoms with Crippen LogP contribution in [0.15, 0.2) is 33.7 Å². The maximum atomic E-state index is 13.3. The van der Waals surface area contributed by atoms with E-state index in [9.17, 15) is 32.3 Å². The normalized spacial score (nSPS) is 16.2. The van der Waals surface area contributed by atoms with Gasteiger partial charge >= 0.3 is 11.9 Å². The predicted molar refractivity (Wildman–Crippen MR) is 147 cm³/mol. The molecule has 0 bridgehead atoms. The number of ketones is 1. The number of halogens is 3. The van der Waals surface area contributed by atoms with Gasteiger partial charge < -0.3 is 14.8 Å². The first-order chi connectivity index (χ1) is 19.9. The molecule has 1 N–H and O–H groups in total. The number of hydrogen-bond acceptors (Lipinski definition) is 10. The summed E-state index contributed by atoms with van der Waals surface area (Å²) in [5.74, 6) is -0.642. The molecular formula is C25H26F3N9O4S. The van der Waals surface area contributed by atoms with E-state index in [4.69, 9.17) is 0 Å². The lowest BCUT2D eigenvalue weighted by molar-refractivity contribution is -0.146. The Morgan fingerprint density at radius 1 is 1.19 bits per heavy atom. The van der Waals surface area contributed by atoms with Crippen LogP contribution in [-0.2, 0) is 23.2 Å². The van der Waals surface area contributed by atoms with Gasteiger partial charge in [0.2, 0.25) is 11.9 Å². The van der Waals surface area contributed by atoms with E-state index in [1.807, 2.05) is 0 Å². The van der Waals surface area contributed by atoms with Crippen LogP contribution in [0.4, 0.5) is 24.9 Å². The molecule has 1 aliphatic rings. The van der Waals surface area contributed by atoms with E-state index in [1.54, 1.807) is 12.3 Å². The number of rotatable bonds is 8. The average molecular weight is 606 g/mol. The lowest BCUT2D eigenvalue weighted by Crippen LogP contribution is -2.42. The lowest BCUT2D eigenvalue weighted by Gasteiger charge is -2.26. The van der Waals surface area contributed by atoms with E-state index in [2.05, 4.69) is 25.3 Å². The lowest BCUT2D eigenvalue weighted by atomic mass is 10.2. The second kappa shape index (κ2) is 11.1. The predicted octanol–water partition coefficient (Wildman–Crippen LogP) is 2.52. The van der Waals surface area contributed by atoms with Gasteiger partial charge in [-0.1, -0.05) is 6.92 Å². The van der Waals surface area contributed by atoms with Crippen LogP contribution in [0.2, 0.25) is 0 Å². The first-order valence-corrected chi connectivity index (χ1v) is 13.9. The zero-order valence-corrected chi connectivity index (χ0v) is 23.6. The molecule has 17 heteroatoms. The third-order valence-corrected chi connectivity index (χ3v) is 8.00. The van der Waals surface area contributed by atoms with E-state index in [1.165, 1.54) is 48.6 Å². The summed E-state index contributed by atoms with van der Waals surface area (Å²) in [6.07, 6.45) is 0.206. The summed E-state index contributed by atoms with van der Waals surface area (Å²) < 4.78 is 43.2. The summed E-state index contributed by atoms with van der Waals surface area (Å²) in [5, 5.41) is 4.68. The number of anilines is 2. The molecule has 0 unspecified atom stereocenters. The minimum absolute atomic E-state index is 0.00868. The smallest absolute Gasteiger partial charge is 0.329 e. The Hall–Kier alpha value is -4.41. The number of Topliss-reactive ketones (excluding diaryl/α,β-unsaturated/α-hetero) is 1. The van der Waals surface area contributed by atoms with E-state index in [0.717, 1.165) is 14.0 Å². The summed E-state index contributed by atoms with van der Waals surface area (Å²) in [5.41, 5.74) is -0.903. The summed E-state index contributed by atoms with van der Waals surface area (Å²) in [6, 6.07) is -2.57. The molecule has 4 aromatic rings. The quantitative estimate of drug-likeness (QED) is 0.320. The number of amides is 1. The van der Waals surface area contributed by atoms with Crippen LogP contribution in [-0.4, -0.2) is 64.1 Å². The molecule has 1 saturated heterocycles. The molecule has 0 aromatic carbocycles. The van der Waals surface area contributed by atoms with Gasteiger partial charge in [-0.3, -0.25) is 23.5 Å². The van der Waals surface area contributed by atoms with Crippen molar-refractivity contribution < 1.29 is 22.8 Å². The molecule has 13 nitrogen and oxygen atoms in total. The van der Waals surface area contributed by atoms with Crippen LogP contribution < -0.4 is 21.5 Å². The van der Waals surface area contributed by atoms with E-state index >= 15 is 0 Å². The Bertz CT molecular complexity index is 1770. The number of alkyl halides is 3. The molecule has 0 radical (unpaired) electrons. The van der Waals surface area contributed by atoms with Crippen molar-refractivity contribution in [2.45, 2.75) is 57.9 Å². The van der Waals surface area contributed by atoms with Crippen molar-refractivity contribution in [3.63, 3.8) is 0 Å². The third kappa shape index (κ3) is 5.31. The summed E-state index contributed by atoms with van der Waals surface area (Å²) in [7, 11) is 1.42. The second-order valence-electron chi connectivity index (χ2n) is 9.82. The number of aromatic nitrogens is 7. The first kappa shape index (κ1) is 29.1. The highest BCUT2D eigenvalue weighted by Gasteiger charge is 2.46. The highest BCUT2D eigenvalue weighted by atomic mass is 32.1. The number of imidazole rings is 1. The van der Waals surface area contributed by atoms with Crippen LogP contribution in [0, 0.1) is 0 Å². The Morgan fingerprint density at radius 2 is 1.90 bits per heavy atom. The molecule has 5 rings (SSSR count). The number of fused-ring (bicyclic) bond motifs is 1. The SMILES string of the molecule is CCC(=O)Cn1c(=O)c2c(ncn2[C@@H](C)C(=O)Nc2csc(-c3cnc(N4CCC[C@H]4C(F)(F)F)nc3)n2)n(C)c1=O. The summed E-state index contributed by atoms with van der Waals surface area (Å²) in [6.45, 7) is 2.98. The number of carbonyl (C=O) groups is 2. The van der Waals surface area contributed by atoms with Crippen molar-refractivity contribution in [1.29, 1.82) is 0 Å². The van der Waals surface area contributed by atoms with Crippen molar-refractivity contribution in [1.82, 2.24) is 33.6 Å². The van der Waals surface area contributed by atoms with E-state index in [0.29, 0.717) is 17.0 Å². The van der Waals surface area contributed by atoms with Gasteiger partial charge in [0.25, 0.3) is 5.56 Å². The summed E-state index contributed by atoms with van der Waals surface area (Å²) in [4.78, 5) is 68.8. The fourth-order valence-corrected chi connectivity index (χ4v) is 5.48. The van der Waals surface area contributed by atoms with Crippen molar-refractivity contribution in [2.24, 2.45) is 7.05 Å². The fraction of sp³-hybridized carbons (Fsp3) is 0.440. The Kier molecular flexibility index (Phi) is 7.70. The fourth-order valence-electron chi connectivity index (χ4n) is 4.76. The zero-order valence-electron chi connectivity index (χ0n) is 22.8. The van der Waals surface area contributed by atoms with Crippen LogP contribution in [0.25, 0.3) is 21.7 Å². The van der Waals surface area contributed by atoms with Gasteiger partial charge in [-0.15, -0.1) is 11.3 Å². The number of aryl methyl sites for hydroxylation is 1. The Morgan fingerprint density at radius 3 is 2.57 bits per heavy atom. The van der Waals surface area contributed by atoms with Crippen LogP contribution >= 0.6 is 11.3 Å². The topological polar surface area (TPSA) is 150 Å². The molecule has 0 aliphatic carbocycles. The van der Waals surface area contributed by atoms with Gasteiger partial charge in [0.1, 0.15) is 22.9 Å². The Labute approximate surface area is 239 Å². The Balaban J connectivity index is 1.34. The highest BCUT2D eigenvalue weighted by Crippen LogP contribution is 2.35. The van der Waals surface area contributed by atoms with Gasteiger partial charge in [0, 0.05) is 43.4 Å². The van der Waals surface area contributed by atoms with Crippen molar-refractivity contribution in [3.05, 3.63) is 44.9 Å². The number of nitrogens with zero attached hydrogens (tertiary/aromatic N) is 8. The number of nitrogens with one attached hydrogen (secondary N) is 1. The van der Waals surface area contributed by atoms with Crippen molar-refractivity contribution in [2.75, 3.05) is 16.8 Å². The standard InChI is InChI=1S/C25H26F3N9O4S/c1-4-15(38)10-36-22(40)18-19(34(3)24(36)41)31-12-37(18)13(2)20(39)32-17-11-42-21(33-17)14-8-29-23(30-9-14)35-7-5-6-16(35)25(26,27)28/h8-9,11-13,16H,4-7,10H2,1-3H3,(H,32,39)/t13-,16-/m0/s1. The minimum Gasteiger partial charge on any atom is -0.329 e. The van der Waals surface area contributed by atoms with Gasteiger partial charge in [0.15, 0.2) is 16.9 Å². The largest absolute Gasteiger partial charge is 0.408 e. The van der Waals surface area contributed by atoms with Gasteiger partial charge in [-0.05, 0) is 19.8 Å². The molecule has 5 heterocycles. The molecule has 42 heavy (non-hydrogen) atoms. The molecule has 0 saturated carbocycles. The highest BCUT2D eigenvalue weighted by molar-refractivity contribution is 7.13. The molecule has 0 spiro atoms. The number of thiazole rings is 1. The van der Waals surface area contributed by atoms with E-state index in [-0.39, 0.29) is 48.1 Å². The minimum atomic E-state index is -4.37. The third-order valence-electron chi connectivity index (χ3n) is 7.11. The van der Waals surface area contributed by atoms with Crippen molar-refractivity contribution >= 4 is 46.0 Å². The van der Waals surface area contributed by atoms with Crippen LogP contribution in [0.5, 0.6) is 0 Å². The molecule has 4 aromatic heterocycles. The molecule has 222 valence electrons.